The van der Waals surface area contributed by atoms with Gasteiger partial charge in [-0.25, -0.2) is 27.7 Å². The van der Waals surface area contributed by atoms with E-state index in [9.17, 15) is 8.42 Å². The largest absolute Gasteiger partial charge is 0.316 e. The Morgan fingerprint density at radius 1 is 1.13 bits per heavy atom. The summed E-state index contributed by atoms with van der Waals surface area (Å²) in [6.45, 7) is 5.18. The van der Waals surface area contributed by atoms with Gasteiger partial charge >= 0.3 is 0 Å². The second-order valence-electron chi connectivity index (χ2n) is 8.57. The fourth-order valence-electron chi connectivity index (χ4n) is 4.61. The lowest BCUT2D eigenvalue weighted by atomic mass is 9.94. The van der Waals surface area contributed by atoms with Gasteiger partial charge in [-0.2, -0.15) is 0 Å². The highest BCUT2D eigenvalue weighted by Crippen LogP contribution is 2.30. The van der Waals surface area contributed by atoms with Crippen molar-refractivity contribution < 1.29 is 8.42 Å². The normalized spacial score (nSPS) is 21.6. The number of nitrogens with zero attached hydrogens (tertiary/aromatic N) is 4. The molecule has 1 saturated carbocycles. The number of rotatable bonds is 6. The van der Waals surface area contributed by atoms with E-state index in [0.717, 1.165) is 66.5 Å². The van der Waals surface area contributed by atoms with E-state index in [0.29, 0.717) is 24.8 Å². The molecule has 164 valence electrons. The molecule has 1 aliphatic heterocycles. The summed E-state index contributed by atoms with van der Waals surface area (Å²) in [5.41, 5.74) is 0.959. The van der Waals surface area contributed by atoms with E-state index in [1.807, 2.05) is 26.1 Å². The lowest BCUT2D eigenvalue weighted by Crippen LogP contribution is -2.45. The Hall–Kier alpha value is -1.58. The van der Waals surface area contributed by atoms with Gasteiger partial charge in [0.25, 0.3) is 0 Å². The summed E-state index contributed by atoms with van der Waals surface area (Å²) in [5, 5.41) is 3.91. The van der Waals surface area contributed by atoms with Gasteiger partial charge in [0.1, 0.15) is 11.6 Å². The molecule has 0 unspecified atom stereocenters. The molecule has 0 radical (unpaired) electrons. The lowest BCUT2D eigenvalue weighted by Gasteiger charge is -2.35. The summed E-state index contributed by atoms with van der Waals surface area (Å²) >= 11 is 1.59. The summed E-state index contributed by atoms with van der Waals surface area (Å²) < 4.78 is 28.0. The van der Waals surface area contributed by atoms with E-state index >= 15 is 0 Å². The number of aromatic nitrogens is 3. The van der Waals surface area contributed by atoms with Crippen molar-refractivity contribution in [2.24, 2.45) is 5.92 Å². The molecule has 4 rings (SSSR count). The van der Waals surface area contributed by atoms with Crippen LogP contribution in [0, 0.1) is 19.8 Å². The Bertz CT molecular complexity index is 970. The molecule has 30 heavy (non-hydrogen) atoms. The van der Waals surface area contributed by atoms with Gasteiger partial charge < -0.3 is 5.32 Å². The van der Waals surface area contributed by atoms with Crippen molar-refractivity contribution in [3.05, 3.63) is 28.7 Å². The first kappa shape index (κ1) is 21.6. The molecule has 1 atom stereocenters. The Balaban J connectivity index is 1.43. The highest BCUT2D eigenvalue weighted by Gasteiger charge is 2.35. The average Bonchev–Trinajstić information content (AvgIpc) is 3.13. The van der Waals surface area contributed by atoms with Crippen LogP contribution in [0.1, 0.15) is 61.3 Å². The second-order valence-corrected chi connectivity index (χ2v) is 12.0. The Labute approximate surface area is 183 Å². The summed E-state index contributed by atoms with van der Waals surface area (Å²) in [6.07, 6.45) is 9.44. The molecule has 0 bridgehead atoms. The number of aryl methyl sites for hydroxylation is 2. The van der Waals surface area contributed by atoms with Crippen molar-refractivity contribution in [1.29, 1.82) is 0 Å². The number of anilines is 2. The highest BCUT2D eigenvalue weighted by molar-refractivity contribution is 7.89. The van der Waals surface area contributed by atoms with Crippen molar-refractivity contribution in [3.63, 3.8) is 0 Å². The van der Waals surface area contributed by atoms with Gasteiger partial charge in [0.05, 0.1) is 5.25 Å². The third kappa shape index (κ3) is 5.18. The van der Waals surface area contributed by atoms with E-state index in [-0.39, 0.29) is 5.25 Å². The molecule has 0 spiro atoms. The first-order chi connectivity index (χ1) is 14.4. The first-order valence-electron chi connectivity index (χ1n) is 10.9. The van der Waals surface area contributed by atoms with Crippen molar-refractivity contribution in [1.82, 2.24) is 19.3 Å². The zero-order valence-corrected chi connectivity index (χ0v) is 19.4. The lowest BCUT2D eigenvalue weighted by molar-refractivity contribution is 0.259. The number of nitrogens with one attached hydrogen (secondary N) is 1. The fourth-order valence-corrected chi connectivity index (χ4v) is 7.44. The molecule has 2 aromatic rings. The molecule has 1 N–H and O–H groups in total. The van der Waals surface area contributed by atoms with Crippen LogP contribution in [0.3, 0.4) is 0 Å². The Kier molecular flexibility index (Phi) is 6.69. The van der Waals surface area contributed by atoms with Gasteiger partial charge in [-0.3, -0.25) is 0 Å². The minimum Gasteiger partial charge on any atom is -0.316 e. The van der Waals surface area contributed by atoms with Crippen LogP contribution >= 0.6 is 11.3 Å². The average molecular weight is 450 g/mol. The van der Waals surface area contributed by atoms with Crippen LogP contribution in [0.15, 0.2) is 12.3 Å². The predicted octanol–water partition coefficient (Wildman–Crippen LogP) is 4.21. The standard InChI is InChI=1S/C21H31N5O2S2/c1-15-13-22-21(29-15)25-20-12-18(23-16(2)24-20)11-17-7-6-10-26(14-17)30(27,28)19-8-4-3-5-9-19/h12-13,17,19H,3-11,14H2,1-2H3,(H,22,23,24,25)/t17-/m0/s1. The summed E-state index contributed by atoms with van der Waals surface area (Å²) in [5.74, 6) is 1.75. The van der Waals surface area contributed by atoms with Gasteiger partial charge in [0.2, 0.25) is 10.0 Å². The summed E-state index contributed by atoms with van der Waals surface area (Å²) in [6, 6.07) is 1.97. The molecular weight excluding hydrogens is 418 g/mol. The van der Waals surface area contributed by atoms with Gasteiger partial charge in [-0.05, 0) is 51.9 Å². The molecule has 9 heteroatoms. The third-order valence-corrected chi connectivity index (χ3v) is 9.25. The first-order valence-corrected chi connectivity index (χ1v) is 13.2. The van der Waals surface area contributed by atoms with Gasteiger partial charge in [0, 0.05) is 35.9 Å². The molecule has 2 aromatic heterocycles. The minimum atomic E-state index is -3.18. The number of hydrogen-bond donors (Lipinski definition) is 1. The van der Waals surface area contributed by atoms with Gasteiger partial charge in [-0.15, -0.1) is 11.3 Å². The molecule has 1 aliphatic carbocycles. The zero-order valence-electron chi connectivity index (χ0n) is 17.8. The van der Waals surface area contributed by atoms with E-state index in [1.54, 1.807) is 15.6 Å². The molecule has 2 fully saturated rings. The van der Waals surface area contributed by atoms with Gasteiger partial charge in [0.15, 0.2) is 5.13 Å². The van der Waals surface area contributed by atoms with E-state index in [4.69, 9.17) is 0 Å². The molecule has 0 amide bonds. The van der Waals surface area contributed by atoms with E-state index in [1.165, 1.54) is 6.42 Å². The van der Waals surface area contributed by atoms with Crippen LogP contribution in [-0.2, 0) is 16.4 Å². The van der Waals surface area contributed by atoms with Crippen LogP contribution in [-0.4, -0.2) is 46.0 Å². The predicted molar refractivity (Wildman–Crippen MR) is 121 cm³/mol. The molecule has 7 nitrogen and oxygen atoms in total. The van der Waals surface area contributed by atoms with Crippen LogP contribution in [0.5, 0.6) is 0 Å². The number of sulfonamides is 1. The SMILES string of the molecule is Cc1nc(C[C@@H]2CCCN(S(=O)(=O)C3CCCCC3)C2)cc(Nc2ncc(C)s2)n1. The van der Waals surface area contributed by atoms with Gasteiger partial charge in [-0.1, -0.05) is 19.3 Å². The van der Waals surface area contributed by atoms with Crippen molar-refractivity contribution in [3.8, 4) is 0 Å². The van der Waals surface area contributed by atoms with Crippen molar-refractivity contribution >= 4 is 32.3 Å². The highest BCUT2D eigenvalue weighted by atomic mass is 32.2. The molecule has 3 heterocycles. The third-order valence-electron chi connectivity index (χ3n) is 6.06. The fraction of sp³-hybridized carbons (Fsp3) is 0.667. The molecule has 0 aromatic carbocycles. The van der Waals surface area contributed by atoms with Crippen molar-refractivity contribution in [2.45, 2.75) is 70.5 Å². The topological polar surface area (TPSA) is 88.1 Å². The van der Waals surface area contributed by atoms with Crippen LogP contribution in [0.4, 0.5) is 10.9 Å². The maximum Gasteiger partial charge on any atom is 0.216 e. The molecule has 2 aliphatic rings. The number of thiazole rings is 1. The number of piperidine rings is 1. The van der Waals surface area contributed by atoms with E-state index in [2.05, 4.69) is 20.3 Å². The zero-order chi connectivity index (χ0) is 21.1. The van der Waals surface area contributed by atoms with Crippen LogP contribution in [0.25, 0.3) is 0 Å². The maximum absolute atomic E-state index is 13.1. The molecule has 1 saturated heterocycles. The Morgan fingerprint density at radius 3 is 2.67 bits per heavy atom. The monoisotopic (exact) mass is 449 g/mol. The minimum absolute atomic E-state index is 0.177. The van der Waals surface area contributed by atoms with Crippen molar-refractivity contribution in [2.75, 3.05) is 18.4 Å². The second kappa shape index (κ2) is 9.28. The van der Waals surface area contributed by atoms with Crippen LogP contribution in [0.2, 0.25) is 0 Å². The van der Waals surface area contributed by atoms with Crippen LogP contribution < -0.4 is 5.32 Å². The Morgan fingerprint density at radius 2 is 1.93 bits per heavy atom. The summed E-state index contributed by atoms with van der Waals surface area (Å²) in [4.78, 5) is 14.6. The maximum atomic E-state index is 13.1. The molecular formula is C21H31N5O2S2. The summed E-state index contributed by atoms with van der Waals surface area (Å²) in [7, 11) is -3.18. The smallest absolute Gasteiger partial charge is 0.216 e. The van der Waals surface area contributed by atoms with E-state index < -0.39 is 10.0 Å². The number of hydrogen-bond acceptors (Lipinski definition) is 7. The quantitative estimate of drug-likeness (QED) is 0.711.